The molecule has 1 N–H and O–H groups in total. The van der Waals surface area contributed by atoms with Crippen LogP contribution in [0.2, 0.25) is 0 Å². The highest BCUT2D eigenvalue weighted by molar-refractivity contribution is 7.10. The molecule has 4 heteroatoms. The van der Waals surface area contributed by atoms with Gasteiger partial charge in [0, 0.05) is 18.5 Å². The van der Waals surface area contributed by atoms with Crippen LogP contribution in [0.1, 0.15) is 31.1 Å². The summed E-state index contributed by atoms with van der Waals surface area (Å²) in [6.07, 6.45) is 0.270. The van der Waals surface area contributed by atoms with Gasteiger partial charge >= 0.3 is 0 Å². The van der Waals surface area contributed by atoms with Crippen LogP contribution < -0.4 is 0 Å². The molecule has 1 heterocycles. The summed E-state index contributed by atoms with van der Waals surface area (Å²) >= 11 is 1.60. The van der Waals surface area contributed by atoms with Crippen molar-refractivity contribution in [2.75, 3.05) is 13.6 Å². The third-order valence-electron chi connectivity index (χ3n) is 2.60. The number of hydrogen-bond donors (Lipinski definition) is 1. The second-order valence-electron chi connectivity index (χ2n) is 4.13. The quantitative estimate of drug-likeness (QED) is 0.857. The fraction of sp³-hybridized carbons (Fsp3) is 0.583. The molecule has 0 aliphatic rings. The molecule has 1 aromatic rings. The van der Waals surface area contributed by atoms with Gasteiger partial charge in [-0.15, -0.1) is 11.3 Å². The SMILES string of the molecule is CC(O)CCN(C)C(=O)C(C)c1cccs1. The largest absolute Gasteiger partial charge is 0.393 e. The highest BCUT2D eigenvalue weighted by Gasteiger charge is 2.19. The lowest BCUT2D eigenvalue weighted by Gasteiger charge is -2.21. The van der Waals surface area contributed by atoms with Crippen LogP contribution in [0.5, 0.6) is 0 Å². The molecule has 1 aromatic heterocycles. The Morgan fingerprint density at radius 3 is 2.75 bits per heavy atom. The average Bonchev–Trinajstić information content (AvgIpc) is 2.77. The number of amides is 1. The molecule has 0 aliphatic heterocycles. The Balaban J connectivity index is 2.50. The Morgan fingerprint density at radius 1 is 1.56 bits per heavy atom. The van der Waals surface area contributed by atoms with Gasteiger partial charge in [0.15, 0.2) is 0 Å². The molecule has 0 saturated carbocycles. The maximum atomic E-state index is 12.0. The summed E-state index contributed by atoms with van der Waals surface area (Å²) in [7, 11) is 1.79. The molecule has 0 spiro atoms. The summed E-state index contributed by atoms with van der Waals surface area (Å²) in [5.74, 6) is 0.0297. The minimum absolute atomic E-state index is 0.0843. The molecule has 1 amide bonds. The van der Waals surface area contributed by atoms with Crippen molar-refractivity contribution in [1.29, 1.82) is 0 Å². The number of aliphatic hydroxyl groups excluding tert-OH is 1. The fourth-order valence-corrected chi connectivity index (χ4v) is 2.26. The monoisotopic (exact) mass is 241 g/mol. The first kappa shape index (κ1) is 13.2. The van der Waals surface area contributed by atoms with E-state index in [0.29, 0.717) is 13.0 Å². The topological polar surface area (TPSA) is 40.5 Å². The summed E-state index contributed by atoms with van der Waals surface area (Å²) in [6, 6.07) is 3.94. The van der Waals surface area contributed by atoms with Crippen LogP contribution in [0.4, 0.5) is 0 Å². The van der Waals surface area contributed by atoms with Gasteiger partial charge in [-0.1, -0.05) is 6.07 Å². The minimum Gasteiger partial charge on any atom is -0.393 e. The number of hydrogen-bond acceptors (Lipinski definition) is 3. The summed E-state index contributed by atoms with van der Waals surface area (Å²) < 4.78 is 0. The first-order valence-corrected chi connectivity index (χ1v) is 6.36. The van der Waals surface area contributed by atoms with Gasteiger partial charge in [0.05, 0.1) is 12.0 Å². The first-order chi connectivity index (χ1) is 7.52. The summed E-state index contributed by atoms with van der Waals surface area (Å²) in [5, 5.41) is 11.2. The van der Waals surface area contributed by atoms with Gasteiger partial charge < -0.3 is 10.0 Å². The van der Waals surface area contributed by atoms with E-state index < -0.39 is 0 Å². The third kappa shape index (κ3) is 3.61. The average molecular weight is 241 g/mol. The number of carbonyl (C=O) groups excluding carboxylic acids is 1. The van der Waals surface area contributed by atoms with Crippen LogP contribution in [0.15, 0.2) is 17.5 Å². The van der Waals surface area contributed by atoms with Crippen LogP contribution in [-0.4, -0.2) is 35.6 Å². The van der Waals surface area contributed by atoms with Crippen molar-refractivity contribution in [3.05, 3.63) is 22.4 Å². The molecule has 16 heavy (non-hydrogen) atoms. The Labute approximate surface area is 101 Å². The number of aliphatic hydroxyl groups is 1. The highest BCUT2D eigenvalue weighted by atomic mass is 32.1. The molecular formula is C12H19NO2S. The van der Waals surface area contributed by atoms with Gasteiger partial charge in [0.2, 0.25) is 5.91 Å². The smallest absolute Gasteiger partial charge is 0.230 e. The van der Waals surface area contributed by atoms with Gasteiger partial charge in [-0.25, -0.2) is 0 Å². The molecule has 0 radical (unpaired) electrons. The van der Waals surface area contributed by atoms with E-state index in [0.717, 1.165) is 4.88 Å². The lowest BCUT2D eigenvalue weighted by atomic mass is 10.1. The lowest BCUT2D eigenvalue weighted by Crippen LogP contribution is -2.32. The van der Waals surface area contributed by atoms with Crippen LogP contribution in [-0.2, 0) is 4.79 Å². The molecule has 0 fully saturated rings. The van der Waals surface area contributed by atoms with Gasteiger partial charge in [-0.3, -0.25) is 4.79 Å². The fourth-order valence-electron chi connectivity index (χ4n) is 1.48. The van der Waals surface area contributed by atoms with E-state index in [-0.39, 0.29) is 17.9 Å². The Bertz CT molecular complexity index is 322. The van der Waals surface area contributed by atoms with Crippen molar-refractivity contribution in [2.24, 2.45) is 0 Å². The summed E-state index contributed by atoms with van der Waals surface area (Å²) in [5.41, 5.74) is 0. The molecule has 2 atom stereocenters. The number of nitrogens with zero attached hydrogens (tertiary/aromatic N) is 1. The second-order valence-corrected chi connectivity index (χ2v) is 5.11. The molecular weight excluding hydrogens is 222 g/mol. The van der Waals surface area contributed by atoms with Crippen LogP contribution >= 0.6 is 11.3 Å². The van der Waals surface area contributed by atoms with Crippen molar-refractivity contribution in [2.45, 2.75) is 32.3 Å². The normalized spacial score (nSPS) is 14.5. The molecule has 2 unspecified atom stereocenters. The van der Waals surface area contributed by atoms with Gasteiger partial charge in [-0.2, -0.15) is 0 Å². The number of likely N-dealkylation sites (N-methyl/N-ethyl adjacent to an activating group) is 1. The van der Waals surface area contributed by atoms with Crippen LogP contribution in [0, 0.1) is 0 Å². The zero-order valence-corrected chi connectivity index (χ0v) is 10.8. The molecule has 0 aromatic carbocycles. The zero-order valence-electron chi connectivity index (χ0n) is 10.0. The molecule has 0 saturated heterocycles. The van der Waals surface area contributed by atoms with E-state index in [9.17, 15) is 4.79 Å². The Morgan fingerprint density at radius 2 is 2.25 bits per heavy atom. The standard InChI is InChI=1S/C12H19NO2S/c1-9(14)6-7-13(3)12(15)10(2)11-5-4-8-16-11/h4-5,8-10,14H,6-7H2,1-3H3. The summed E-state index contributed by atoms with van der Waals surface area (Å²) in [4.78, 5) is 14.8. The van der Waals surface area contributed by atoms with Crippen molar-refractivity contribution < 1.29 is 9.90 Å². The van der Waals surface area contributed by atoms with Crippen LogP contribution in [0.3, 0.4) is 0 Å². The van der Waals surface area contributed by atoms with E-state index >= 15 is 0 Å². The van der Waals surface area contributed by atoms with E-state index in [1.807, 2.05) is 24.4 Å². The van der Waals surface area contributed by atoms with Crippen LogP contribution in [0.25, 0.3) is 0 Å². The second kappa shape index (κ2) is 6.01. The molecule has 0 bridgehead atoms. The van der Waals surface area contributed by atoms with Crippen molar-refractivity contribution >= 4 is 17.2 Å². The molecule has 90 valence electrons. The Kier molecular flexibility index (Phi) is 4.96. The van der Waals surface area contributed by atoms with Crippen molar-refractivity contribution in [1.82, 2.24) is 4.90 Å². The third-order valence-corrected chi connectivity index (χ3v) is 3.65. The first-order valence-electron chi connectivity index (χ1n) is 5.48. The Hall–Kier alpha value is -0.870. The van der Waals surface area contributed by atoms with Gasteiger partial charge in [0.1, 0.15) is 0 Å². The zero-order chi connectivity index (χ0) is 12.1. The predicted octanol–water partition coefficient (Wildman–Crippen LogP) is 2.08. The van der Waals surface area contributed by atoms with E-state index in [1.165, 1.54) is 0 Å². The lowest BCUT2D eigenvalue weighted by molar-refractivity contribution is -0.131. The van der Waals surface area contributed by atoms with Crippen molar-refractivity contribution in [3.8, 4) is 0 Å². The maximum absolute atomic E-state index is 12.0. The minimum atomic E-state index is -0.354. The van der Waals surface area contributed by atoms with E-state index in [2.05, 4.69) is 0 Å². The summed E-state index contributed by atoms with van der Waals surface area (Å²) in [6.45, 7) is 4.26. The van der Waals surface area contributed by atoms with Gasteiger partial charge in [0.25, 0.3) is 0 Å². The maximum Gasteiger partial charge on any atom is 0.230 e. The number of thiophene rings is 1. The van der Waals surface area contributed by atoms with E-state index in [1.54, 1.807) is 30.2 Å². The molecule has 1 rings (SSSR count). The van der Waals surface area contributed by atoms with E-state index in [4.69, 9.17) is 5.11 Å². The number of carbonyl (C=O) groups is 1. The van der Waals surface area contributed by atoms with Crippen molar-refractivity contribution in [3.63, 3.8) is 0 Å². The molecule has 0 aliphatic carbocycles. The van der Waals surface area contributed by atoms with Gasteiger partial charge in [-0.05, 0) is 31.7 Å². The predicted molar refractivity (Wildman–Crippen MR) is 66.7 cm³/mol. The molecule has 3 nitrogen and oxygen atoms in total. The highest BCUT2D eigenvalue weighted by Crippen LogP contribution is 2.22. The number of rotatable bonds is 5.